The van der Waals surface area contributed by atoms with E-state index < -0.39 is 0 Å². The molecule has 0 saturated heterocycles. The van der Waals surface area contributed by atoms with Crippen LogP contribution in [-0.4, -0.2) is 27.5 Å². The lowest BCUT2D eigenvalue weighted by molar-refractivity contribution is 0.373. The normalized spacial score (nSPS) is 10.5. The summed E-state index contributed by atoms with van der Waals surface area (Å²) in [5, 5.41) is 22.9. The molecule has 0 saturated carbocycles. The highest BCUT2D eigenvalue weighted by atomic mass is 16.5. The topological polar surface area (TPSA) is 88.6 Å². The Hall–Kier alpha value is -3.02. The van der Waals surface area contributed by atoms with Crippen LogP contribution in [0.25, 0.3) is 22.8 Å². The maximum atomic E-state index is 9.58. The molecule has 3 rings (SSSR count). The molecule has 0 spiro atoms. The van der Waals surface area contributed by atoms with E-state index in [0.29, 0.717) is 28.6 Å². The second kappa shape index (κ2) is 5.16. The minimum atomic E-state index is 0.0398. The third-order valence-corrected chi connectivity index (χ3v) is 2.96. The quantitative estimate of drug-likeness (QED) is 0.768. The molecule has 0 aliphatic rings. The van der Waals surface area contributed by atoms with Gasteiger partial charge >= 0.3 is 0 Å². The second-order valence-electron chi connectivity index (χ2n) is 4.36. The van der Waals surface area contributed by atoms with Crippen LogP contribution in [0.4, 0.5) is 0 Å². The Balaban J connectivity index is 1.98. The van der Waals surface area contributed by atoms with E-state index in [9.17, 15) is 10.2 Å². The minimum absolute atomic E-state index is 0.0398. The van der Waals surface area contributed by atoms with E-state index in [1.807, 2.05) is 0 Å². The third kappa shape index (κ3) is 2.51. The maximum absolute atomic E-state index is 9.58. The van der Waals surface area contributed by atoms with Gasteiger partial charge in [0.15, 0.2) is 11.5 Å². The van der Waals surface area contributed by atoms with E-state index in [-0.39, 0.29) is 11.5 Å². The van der Waals surface area contributed by atoms with Crippen molar-refractivity contribution in [1.82, 2.24) is 10.1 Å². The zero-order chi connectivity index (χ0) is 14.8. The predicted octanol–water partition coefficient (Wildman–Crippen LogP) is 2.82. The molecule has 6 nitrogen and oxygen atoms in total. The molecule has 0 radical (unpaired) electrons. The number of ether oxygens (including phenoxy) is 1. The number of aromatic hydroxyl groups is 2. The first-order valence-electron chi connectivity index (χ1n) is 6.18. The van der Waals surface area contributed by atoms with Crippen LogP contribution in [-0.2, 0) is 0 Å². The van der Waals surface area contributed by atoms with Gasteiger partial charge in [0, 0.05) is 11.1 Å². The van der Waals surface area contributed by atoms with Crippen LogP contribution in [0.3, 0.4) is 0 Å². The SMILES string of the molecule is COc1cc(-c2noc(-c3cccc(O)c3)n2)ccc1O. The van der Waals surface area contributed by atoms with Crippen LogP contribution in [0.1, 0.15) is 0 Å². The number of aromatic nitrogens is 2. The van der Waals surface area contributed by atoms with Crippen LogP contribution < -0.4 is 4.74 Å². The van der Waals surface area contributed by atoms with Crippen LogP contribution in [0.5, 0.6) is 17.2 Å². The highest BCUT2D eigenvalue weighted by molar-refractivity contribution is 5.63. The number of hydrogen-bond acceptors (Lipinski definition) is 6. The summed E-state index contributed by atoms with van der Waals surface area (Å²) in [5.41, 5.74) is 1.28. The van der Waals surface area contributed by atoms with Crippen molar-refractivity contribution < 1.29 is 19.5 Å². The first-order valence-corrected chi connectivity index (χ1v) is 6.18. The number of phenols is 2. The summed E-state index contributed by atoms with van der Waals surface area (Å²) in [6.07, 6.45) is 0. The Morgan fingerprint density at radius 3 is 2.67 bits per heavy atom. The van der Waals surface area contributed by atoms with Crippen LogP contribution in [0.2, 0.25) is 0 Å². The van der Waals surface area contributed by atoms with Gasteiger partial charge in [-0.3, -0.25) is 0 Å². The summed E-state index contributed by atoms with van der Waals surface area (Å²) >= 11 is 0. The molecule has 21 heavy (non-hydrogen) atoms. The molecule has 1 heterocycles. The standard InChI is InChI=1S/C15H12N2O4/c1-20-13-8-9(5-6-12(13)19)14-16-15(21-17-14)10-3-2-4-11(18)7-10/h2-8,18-19H,1H3. The first-order chi connectivity index (χ1) is 10.2. The molecule has 0 fully saturated rings. The van der Waals surface area contributed by atoms with Crippen molar-refractivity contribution in [3.8, 4) is 40.1 Å². The lowest BCUT2D eigenvalue weighted by atomic mass is 10.2. The van der Waals surface area contributed by atoms with E-state index in [2.05, 4.69) is 10.1 Å². The summed E-state index contributed by atoms with van der Waals surface area (Å²) < 4.78 is 10.2. The monoisotopic (exact) mass is 284 g/mol. The number of methoxy groups -OCH3 is 1. The largest absolute Gasteiger partial charge is 0.508 e. The van der Waals surface area contributed by atoms with Crippen molar-refractivity contribution in [2.45, 2.75) is 0 Å². The maximum Gasteiger partial charge on any atom is 0.258 e. The van der Waals surface area contributed by atoms with E-state index in [1.165, 1.54) is 19.2 Å². The molecule has 3 aromatic rings. The fraction of sp³-hybridized carbons (Fsp3) is 0.0667. The van der Waals surface area contributed by atoms with Crippen LogP contribution in [0, 0.1) is 0 Å². The molecule has 2 aromatic carbocycles. The number of hydrogen-bond donors (Lipinski definition) is 2. The van der Waals surface area contributed by atoms with Crippen LogP contribution >= 0.6 is 0 Å². The number of benzene rings is 2. The van der Waals surface area contributed by atoms with Gasteiger partial charge in [0.1, 0.15) is 5.75 Å². The van der Waals surface area contributed by atoms with Gasteiger partial charge in [-0.2, -0.15) is 4.98 Å². The summed E-state index contributed by atoms with van der Waals surface area (Å²) in [6.45, 7) is 0. The Kier molecular flexibility index (Phi) is 3.19. The average Bonchev–Trinajstić information content (AvgIpc) is 2.97. The molecule has 106 valence electrons. The van der Waals surface area contributed by atoms with E-state index in [4.69, 9.17) is 9.26 Å². The van der Waals surface area contributed by atoms with Gasteiger partial charge in [-0.05, 0) is 36.4 Å². The Morgan fingerprint density at radius 1 is 1.05 bits per heavy atom. The van der Waals surface area contributed by atoms with E-state index in [0.717, 1.165) is 0 Å². The second-order valence-corrected chi connectivity index (χ2v) is 4.36. The fourth-order valence-corrected chi connectivity index (χ4v) is 1.91. The van der Waals surface area contributed by atoms with Gasteiger partial charge in [0.2, 0.25) is 5.82 Å². The van der Waals surface area contributed by atoms with Crippen molar-refractivity contribution in [2.24, 2.45) is 0 Å². The zero-order valence-electron chi connectivity index (χ0n) is 11.1. The molecule has 2 N–H and O–H groups in total. The minimum Gasteiger partial charge on any atom is -0.508 e. The lowest BCUT2D eigenvalue weighted by Gasteiger charge is -2.03. The zero-order valence-corrected chi connectivity index (χ0v) is 11.1. The van der Waals surface area contributed by atoms with Crippen molar-refractivity contribution in [2.75, 3.05) is 7.11 Å². The van der Waals surface area contributed by atoms with Gasteiger partial charge in [0.05, 0.1) is 7.11 Å². The Morgan fingerprint density at radius 2 is 1.90 bits per heavy atom. The highest BCUT2D eigenvalue weighted by Crippen LogP contribution is 2.31. The molecular formula is C15H12N2O4. The van der Waals surface area contributed by atoms with Gasteiger partial charge in [-0.25, -0.2) is 0 Å². The third-order valence-electron chi connectivity index (χ3n) is 2.96. The van der Waals surface area contributed by atoms with Crippen molar-refractivity contribution in [3.05, 3.63) is 42.5 Å². The molecule has 0 unspecified atom stereocenters. The summed E-state index contributed by atoms with van der Waals surface area (Å²) in [6, 6.07) is 11.3. The summed E-state index contributed by atoms with van der Waals surface area (Å²) in [4.78, 5) is 4.27. The first kappa shape index (κ1) is 13.0. The number of rotatable bonds is 3. The molecule has 0 amide bonds. The Bertz CT molecular complexity index is 783. The Labute approximate surface area is 120 Å². The summed E-state index contributed by atoms with van der Waals surface area (Å²) in [7, 11) is 1.47. The smallest absolute Gasteiger partial charge is 0.258 e. The van der Waals surface area contributed by atoms with Crippen molar-refractivity contribution >= 4 is 0 Å². The molecule has 0 atom stereocenters. The molecule has 0 aliphatic carbocycles. The van der Waals surface area contributed by atoms with Gasteiger partial charge in [-0.15, -0.1) is 0 Å². The average molecular weight is 284 g/mol. The van der Waals surface area contributed by atoms with E-state index in [1.54, 1.807) is 30.3 Å². The van der Waals surface area contributed by atoms with E-state index >= 15 is 0 Å². The van der Waals surface area contributed by atoms with Crippen LogP contribution in [0.15, 0.2) is 47.0 Å². The molecule has 6 heteroatoms. The molecule has 0 aliphatic heterocycles. The highest BCUT2D eigenvalue weighted by Gasteiger charge is 2.13. The van der Waals surface area contributed by atoms with Gasteiger partial charge in [-0.1, -0.05) is 11.2 Å². The molecular weight excluding hydrogens is 272 g/mol. The molecule has 1 aromatic heterocycles. The fourth-order valence-electron chi connectivity index (χ4n) is 1.91. The summed E-state index contributed by atoms with van der Waals surface area (Å²) in [5.74, 6) is 1.16. The number of phenolic OH excluding ortho intramolecular Hbond substituents is 2. The number of nitrogens with zero attached hydrogens (tertiary/aromatic N) is 2. The molecule has 0 bridgehead atoms. The lowest BCUT2D eigenvalue weighted by Crippen LogP contribution is -1.86. The van der Waals surface area contributed by atoms with Crippen molar-refractivity contribution in [1.29, 1.82) is 0 Å². The van der Waals surface area contributed by atoms with Gasteiger partial charge in [0.25, 0.3) is 5.89 Å². The van der Waals surface area contributed by atoms with Gasteiger partial charge < -0.3 is 19.5 Å². The predicted molar refractivity (Wildman–Crippen MR) is 75.1 cm³/mol. The van der Waals surface area contributed by atoms with Crippen molar-refractivity contribution in [3.63, 3.8) is 0 Å².